The molecule has 2 aliphatic heterocycles. The van der Waals surface area contributed by atoms with Gasteiger partial charge in [-0.15, -0.1) is 0 Å². The highest BCUT2D eigenvalue weighted by Gasteiger charge is 2.39. The van der Waals surface area contributed by atoms with E-state index >= 15 is 0 Å². The zero-order chi connectivity index (χ0) is 17.2. The minimum absolute atomic E-state index is 0.116. The molecule has 1 aromatic rings. The fourth-order valence-corrected chi connectivity index (χ4v) is 3.11. The summed E-state index contributed by atoms with van der Waals surface area (Å²) in [4.78, 5) is 25.7. The summed E-state index contributed by atoms with van der Waals surface area (Å²) in [5.41, 5.74) is 1.08. The summed E-state index contributed by atoms with van der Waals surface area (Å²) in [6, 6.07) is 9.54. The standard InChI is InChI=1S/C18H23NO5/c1-18(2)23-12-15(24-18)8-9-16(20)19-14(11-22-17(19)21)10-13-6-4-3-5-7-13/h3-7,14-15H,8-12H2,1-2H3/t14-,15-/m1/s1. The molecule has 6 heteroatoms. The highest BCUT2D eigenvalue weighted by Crippen LogP contribution is 2.26. The molecule has 0 aliphatic carbocycles. The molecular weight excluding hydrogens is 310 g/mol. The normalized spacial score (nSPS) is 25.8. The maximum Gasteiger partial charge on any atom is 0.416 e. The van der Waals surface area contributed by atoms with E-state index in [1.807, 2.05) is 44.2 Å². The molecule has 2 fully saturated rings. The van der Waals surface area contributed by atoms with Crippen LogP contribution in [0.3, 0.4) is 0 Å². The van der Waals surface area contributed by atoms with Gasteiger partial charge in [-0.2, -0.15) is 0 Å². The van der Waals surface area contributed by atoms with Crippen molar-refractivity contribution in [3.8, 4) is 0 Å². The Morgan fingerprint density at radius 2 is 2.00 bits per heavy atom. The maximum atomic E-state index is 12.5. The van der Waals surface area contributed by atoms with Crippen LogP contribution in [-0.2, 0) is 25.4 Å². The molecule has 2 amide bonds. The second-order valence-electron chi connectivity index (χ2n) is 6.67. The number of rotatable bonds is 5. The van der Waals surface area contributed by atoms with E-state index in [4.69, 9.17) is 14.2 Å². The molecular formula is C18H23NO5. The Morgan fingerprint density at radius 3 is 2.67 bits per heavy atom. The fraction of sp³-hybridized carbons (Fsp3) is 0.556. The van der Waals surface area contributed by atoms with Gasteiger partial charge in [0, 0.05) is 6.42 Å². The first kappa shape index (κ1) is 16.9. The molecule has 0 spiro atoms. The van der Waals surface area contributed by atoms with Crippen molar-refractivity contribution in [1.29, 1.82) is 0 Å². The van der Waals surface area contributed by atoms with E-state index in [0.29, 0.717) is 19.4 Å². The van der Waals surface area contributed by atoms with E-state index < -0.39 is 11.9 Å². The van der Waals surface area contributed by atoms with E-state index in [-0.39, 0.29) is 31.1 Å². The molecule has 0 N–H and O–H groups in total. The molecule has 6 nitrogen and oxygen atoms in total. The largest absolute Gasteiger partial charge is 0.447 e. The Morgan fingerprint density at radius 1 is 1.25 bits per heavy atom. The monoisotopic (exact) mass is 333 g/mol. The molecule has 0 saturated carbocycles. The van der Waals surface area contributed by atoms with Crippen LogP contribution in [0.5, 0.6) is 0 Å². The maximum absolute atomic E-state index is 12.5. The highest BCUT2D eigenvalue weighted by molar-refractivity contribution is 5.93. The third-order valence-electron chi connectivity index (χ3n) is 4.29. The van der Waals surface area contributed by atoms with Crippen LogP contribution in [0.15, 0.2) is 30.3 Å². The Balaban J connectivity index is 1.56. The van der Waals surface area contributed by atoms with E-state index in [2.05, 4.69) is 0 Å². The van der Waals surface area contributed by atoms with Gasteiger partial charge < -0.3 is 14.2 Å². The van der Waals surface area contributed by atoms with Gasteiger partial charge in [-0.3, -0.25) is 4.79 Å². The summed E-state index contributed by atoms with van der Waals surface area (Å²) in [6.45, 7) is 4.42. The van der Waals surface area contributed by atoms with E-state index in [1.165, 1.54) is 4.90 Å². The van der Waals surface area contributed by atoms with Crippen molar-refractivity contribution < 1.29 is 23.8 Å². The molecule has 0 aromatic heterocycles. The van der Waals surface area contributed by atoms with Crippen LogP contribution in [0.1, 0.15) is 32.3 Å². The number of nitrogens with zero attached hydrogens (tertiary/aromatic N) is 1. The Kier molecular flexibility index (Phi) is 4.87. The summed E-state index contributed by atoms with van der Waals surface area (Å²) >= 11 is 0. The van der Waals surface area contributed by atoms with E-state index in [9.17, 15) is 9.59 Å². The van der Waals surface area contributed by atoms with Crippen molar-refractivity contribution in [2.24, 2.45) is 0 Å². The lowest BCUT2D eigenvalue weighted by Crippen LogP contribution is -2.40. The van der Waals surface area contributed by atoms with Crippen LogP contribution in [0, 0.1) is 0 Å². The zero-order valence-corrected chi connectivity index (χ0v) is 14.1. The van der Waals surface area contributed by atoms with E-state index in [1.54, 1.807) is 0 Å². The van der Waals surface area contributed by atoms with Crippen molar-refractivity contribution in [3.63, 3.8) is 0 Å². The minimum atomic E-state index is -0.601. The minimum Gasteiger partial charge on any atom is -0.447 e. The van der Waals surface area contributed by atoms with E-state index in [0.717, 1.165) is 5.56 Å². The van der Waals surface area contributed by atoms with Crippen molar-refractivity contribution in [2.45, 2.75) is 51.0 Å². The molecule has 0 bridgehead atoms. The first-order chi connectivity index (χ1) is 11.4. The van der Waals surface area contributed by atoms with Crippen LogP contribution in [0.4, 0.5) is 4.79 Å². The highest BCUT2D eigenvalue weighted by atomic mass is 16.7. The van der Waals surface area contributed by atoms with Crippen LogP contribution in [0.2, 0.25) is 0 Å². The van der Waals surface area contributed by atoms with Gasteiger partial charge in [0.25, 0.3) is 0 Å². The van der Waals surface area contributed by atoms with Gasteiger partial charge in [-0.05, 0) is 32.3 Å². The third kappa shape index (κ3) is 3.94. The SMILES string of the molecule is CC1(C)OC[C@@H](CCC(=O)N2C(=O)OC[C@H]2Cc2ccccc2)O1. The van der Waals surface area contributed by atoms with Crippen molar-refractivity contribution in [2.75, 3.05) is 13.2 Å². The number of hydrogen-bond acceptors (Lipinski definition) is 5. The number of imide groups is 1. The van der Waals surface area contributed by atoms with Crippen molar-refractivity contribution in [3.05, 3.63) is 35.9 Å². The topological polar surface area (TPSA) is 65.1 Å². The molecule has 0 unspecified atom stereocenters. The van der Waals surface area contributed by atoms with Gasteiger partial charge >= 0.3 is 6.09 Å². The summed E-state index contributed by atoms with van der Waals surface area (Å²) < 4.78 is 16.3. The average Bonchev–Trinajstić information content (AvgIpc) is 3.08. The zero-order valence-electron chi connectivity index (χ0n) is 14.1. The summed E-state index contributed by atoms with van der Waals surface area (Å²) in [5.74, 6) is -0.817. The number of carbonyl (C=O) groups is 2. The van der Waals surface area contributed by atoms with Gasteiger partial charge in [0.15, 0.2) is 5.79 Å². The Labute approximate surface area is 141 Å². The first-order valence-corrected chi connectivity index (χ1v) is 8.29. The van der Waals surface area contributed by atoms with Crippen LogP contribution >= 0.6 is 0 Å². The number of hydrogen-bond donors (Lipinski definition) is 0. The molecule has 3 rings (SSSR count). The van der Waals surface area contributed by atoms with Gasteiger partial charge in [0.2, 0.25) is 5.91 Å². The van der Waals surface area contributed by atoms with Crippen LogP contribution in [0.25, 0.3) is 0 Å². The number of ether oxygens (including phenoxy) is 3. The molecule has 2 saturated heterocycles. The number of carbonyl (C=O) groups excluding carboxylic acids is 2. The van der Waals surface area contributed by atoms with Gasteiger partial charge in [0.1, 0.15) is 6.61 Å². The number of amides is 2. The molecule has 2 atom stereocenters. The summed E-state index contributed by atoms with van der Waals surface area (Å²) in [7, 11) is 0. The lowest BCUT2D eigenvalue weighted by atomic mass is 10.1. The Bertz CT molecular complexity index is 601. The van der Waals surface area contributed by atoms with Crippen LogP contribution < -0.4 is 0 Å². The fourth-order valence-electron chi connectivity index (χ4n) is 3.11. The lowest BCUT2D eigenvalue weighted by Gasteiger charge is -2.21. The molecule has 2 aliphatic rings. The predicted octanol–water partition coefficient (Wildman–Crippen LogP) is 2.51. The second kappa shape index (κ2) is 6.91. The Hall–Kier alpha value is -1.92. The smallest absolute Gasteiger partial charge is 0.416 e. The summed E-state index contributed by atoms with van der Waals surface area (Å²) in [5, 5.41) is 0. The predicted molar refractivity (Wildman–Crippen MR) is 86.3 cm³/mol. The number of benzene rings is 1. The van der Waals surface area contributed by atoms with Gasteiger partial charge in [0.05, 0.1) is 18.8 Å². The average molecular weight is 333 g/mol. The molecule has 1 aromatic carbocycles. The van der Waals surface area contributed by atoms with Crippen LogP contribution in [-0.4, -0.2) is 48.0 Å². The second-order valence-corrected chi connectivity index (χ2v) is 6.67. The first-order valence-electron chi connectivity index (χ1n) is 8.29. The van der Waals surface area contributed by atoms with Crippen molar-refractivity contribution >= 4 is 12.0 Å². The quantitative estimate of drug-likeness (QED) is 0.828. The number of cyclic esters (lactones) is 1. The molecule has 24 heavy (non-hydrogen) atoms. The third-order valence-corrected chi connectivity index (χ3v) is 4.29. The molecule has 2 heterocycles. The molecule has 130 valence electrons. The van der Waals surface area contributed by atoms with Crippen molar-refractivity contribution in [1.82, 2.24) is 4.90 Å². The summed E-state index contributed by atoms with van der Waals surface area (Å²) in [6.07, 6.45) is 0.711. The lowest BCUT2D eigenvalue weighted by molar-refractivity contribution is -0.141. The molecule has 0 radical (unpaired) electrons. The van der Waals surface area contributed by atoms with Gasteiger partial charge in [-0.25, -0.2) is 9.69 Å². The van der Waals surface area contributed by atoms with Gasteiger partial charge in [-0.1, -0.05) is 30.3 Å².